The molecule has 0 unspecified atom stereocenters. The van der Waals surface area contributed by atoms with E-state index in [0.29, 0.717) is 17.1 Å². The summed E-state index contributed by atoms with van der Waals surface area (Å²) in [4.78, 5) is 17.1. The van der Waals surface area contributed by atoms with Gasteiger partial charge in [-0.05, 0) is 43.2 Å². The monoisotopic (exact) mass is 338 g/mol. The predicted molar refractivity (Wildman–Crippen MR) is 96.6 cm³/mol. The van der Waals surface area contributed by atoms with Crippen LogP contribution in [0.1, 0.15) is 21.5 Å². The molecule has 0 aliphatic carbocycles. The fourth-order valence-electron chi connectivity index (χ4n) is 3.65. The number of hydrogen-bond acceptors (Lipinski definition) is 4. The molecule has 0 spiro atoms. The zero-order valence-electron chi connectivity index (χ0n) is 14.6. The van der Waals surface area contributed by atoms with Crippen molar-refractivity contribution < 1.29 is 14.3 Å². The van der Waals surface area contributed by atoms with Crippen LogP contribution in [0.4, 0.5) is 5.69 Å². The molecule has 1 fully saturated rings. The Balaban J connectivity index is 1.46. The first-order valence-corrected chi connectivity index (χ1v) is 8.63. The van der Waals surface area contributed by atoms with Crippen molar-refractivity contribution >= 4 is 11.6 Å². The number of amides is 1. The van der Waals surface area contributed by atoms with Gasteiger partial charge in [0, 0.05) is 37.4 Å². The van der Waals surface area contributed by atoms with Crippen LogP contribution in [0.15, 0.2) is 36.4 Å². The van der Waals surface area contributed by atoms with E-state index in [1.54, 1.807) is 6.07 Å². The molecule has 0 saturated carbocycles. The van der Waals surface area contributed by atoms with E-state index in [4.69, 9.17) is 9.47 Å². The van der Waals surface area contributed by atoms with Crippen LogP contribution in [0, 0.1) is 13.8 Å². The van der Waals surface area contributed by atoms with Crippen molar-refractivity contribution in [1.82, 2.24) is 4.90 Å². The topological polar surface area (TPSA) is 42.0 Å². The third kappa shape index (κ3) is 2.90. The first kappa shape index (κ1) is 15.8. The summed E-state index contributed by atoms with van der Waals surface area (Å²) in [6, 6.07) is 11.8. The number of anilines is 1. The van der Waals surface area contributed by atoms with Crippen LogP contribution in [0.5, 0.6) is 11.5 Å². The molecule has 1 saturated heterocycles. The number of aryl methyl sites for hydroxylation is 2. The second-order valence-corrected chi connectivity index (χ2v) is 6.59. The lowest BCUT2D eigenvalue weighted by atomic mass is 10.1. The first-order valence-electron chi connectivity index (χ1n) is 8.63. The summed E-state index contributed by atoms with van der Waals surface area (Å²) in [7, 11) is 0. The van der Waals surface area contributed by atoms with Gasteiger partial charge in [0.05, 0.1) is 0 Å². The minimum absolute atomic E-state index is 0.0551. The Kier molecular flexibility index (Phi) is 3.99. The highest BCUT2D eigenvalue weighted by atomic mass is 16.7. The van der Waals surface area contributed by atoms with Gasteiger partial charge in [-0.2, -0.15) is 0 Å². The first-order chi connectivity index (χ1) is 12.1. The van der Waals surface area contributed by atoms with Crippen molar-refractivity contribution in [3.05, 3.63) is 53.1 Å². The smallest absolute Gasteiger partial charge is 0.254 e. The molecule has 5 nitrogen and oxygen atoms in total. The lowest BCUT2D eigenvalue weighted by molar-refractivity contribution is 0.0746. The van der Waals surface area contributed by atoms with Crippen molar-refractivity contribution in [2.75, 3.05) is 37.9 Å². The number of benzene rings is 2. The lowest BCUT2D eigenvalue weighted by Crippen LogP contribution is -2.49. The normalized spacial score (nSPS) is 16.2. The highest BCUT2D eigenvalue weighted by Crippen LogP contribution is 2.33. The van der Waals surface area contributed by atoms with Gasteiger partial charge in [-0.25, -0.2) is 0 Å². The standard InChI is InChI=1S/C20H22N2O3/c1-14-4-3-5-15(2)19(14)21-8-10-22(11-9-21)20(23)16-6-7-17-18(12-16)25-13-24-17/h3-7,12H,8-11,13H2,1-2H3. The molecule has 4 rings (SSSR count). The fourth-order valence-corrected chi connectivity index (χ4v) is 3.65. The summed E-state index contributed by atoms with van der Waals surface area (Å²) in [5, 5.41) is 0. The van der Waals surface area contributed by atoms with Gasteiger partial charge in [0.1, 0.15) is 0 Å². The molecular formula is C20H22N2O3. The van der Waals surface area contributed by atoms with E-state index in [0.717, 1.165) is 26.2 Å². The predicted octanol–water partition coefficient (Wildman–Crippen LogP) is 2.99. The van der Waals surface area contributed by atoms with Crippen LogP contribution < -0.4 is 14.4 Å². The minimum Gasteiger partial charge on any atom is -0.454 e. The highest BCUT2D eigenvalue weighted by molar-refractivity contribution is 5.95. The summed E-state index contributed by atoms with van der Waals surface area (Å²) >= 11 is 0. The Labute approximate surface area is 147 Å². The lowest BCUT2D eigenvalue weighted by Gasteiger charge is -2.37. The van der Waals surface area contributed by atoms with E-state index in [1.165, 1.54) is 16.8 Å². The van der Waals surface area contributed by atoms with E-state index >= 15 is 0 Å². The SMILES string of the molecule is Cc1cccc(C)c1N1CCN(C(=O)c2ccc3c(c2)OCO3)CC1. The Morgan fingerprint density at radius 1 is 0.920 bits per heavy atom. The van der Waals surface area contributed by atoms with Gasteiger partial charge >= 0.3 is 0 Å². The molecule has 5 heteroatoms. The quantitative estimate of drug-likeness (QED) is 0.844. The van der Waals surface area contributed by atoms with E-state index in [1.807, 2.05) is 17.0 Å². The van der Waals surface area contributed by atoms with Crippen LogP contribution in [-0.4, -0.2) is 43.8 Å². The van der Waals surface area contributed by atoms with Crippen molar-refractivity contribution in [3.8, 4) is 11.5 Å². The van der Waals surface area contributed by atoms with Gasteiger partial charge in [0.25, 0.3) is 5.91 Å². The van der Waals surface area contributed by atoms with Gasteiger partial charge in [0.15, 0.2) is 11.5 Å². The van der Waals surface area contributed by atoms with E-state index in [9.17, 15) is 4.79 Å². The summed E-state index contributed by atoms with van der Waals surface area (Å²) in [6.07, 6.45) is 0. The number of fused-ring (bicyclic) bond motifs is 1. The summed E-state index contributed by atoms with van der Waals surface area (Å²) in [5.41, 5.74) is 4.54. The largest absolute Gasteiger partial charge is 0.454 e. The molecule has 2 heterocycles. The van der Waals surface area contributed by atoms with Crippen LogP contribution >= 0.6 is 0 Å². The molecule has 0 radical (unpaired) electrons. The average molecular weight is 338 g/mol. The molecule has 25 heavy (non-hydrogen) atoms. The van der Waals surface area contributed by atoms with E-state index in [2.05, 4.69) is 36.9 Å². The van der Waals surface area contributed by atoms with Crippen molar-refractivity contribution in [2.24, 2.45) is 0 Å². The van der Waals surface area contributed by atoms with Crippen molar-refractivity contribution in [1.29, 1.82) is 0 Å². The maximum atomic E-state index is 12.8. The fraction of sp³-hybridized carbons (Fsp3) is 0.350. The molecule has 2 aliphatic rings. The zero-order chi connectivity index (χ0) is 17.4. The number of carbonyl (C=O) groups excluding carboxylic acids is 1. The summed E-state index contributed by atoms with van der Waals surface area (Å²) < 4.78 is 10.7. The molecule has 130 valence electrons. The molecule has 1 amide bonds. The molecule has 0 aromatic heterocycles. The average Bonchev–Trinajstić information content (AvgIpc) is 3.09. The van der Waals surface area contributed by atoms with E-state index in [-0.39, 0.29) is 12.7 Å². The number of rotatable bonds is 2. The molecule has 0 bridgehead atoms. The molecule has 0 N–H and O–H groups in total. The number of nitrogens with zero attached hydrogens (tertiary/aromatic N) is 2. The Bertz CT molecular complexity index is 790. The molecular weight excluding hydrogens is 316 g/mol. The molecule has 2 aliphatic heterocycles. The Morgan fingerprint density at radius 2 is 1.60 bits per heavy atom. The maximum absolute atomic E-state index is 12.8. The Morgan fingerprint density at radius 3 is 2.32 bits per heavy atom. The second kappa shape index (κ2) is 6.31. The summed E-state index contributed by atoms with van der Waals surface area (Å²) in [5.74, 6) is 1.41. The number of para-hydroxylation sites is 1. The van der Waals surface area contributed by atoms with Gasteiger partial charge in [-0.1, -0.05) is 18.2 Å². The third-order valence-electron chi connectivity index (χ3n) is 4.94. The van der Waals surface area contributed by atoms with Gasteiger partial charge in [-0.3, -0.25) is 4.79 Å². The van der Waals surface area contributed by atoms with E-state index < -0.39 is 0 Å². The number of carbonyl (C=O) groups is 1. The van der Waals surface area contributed by atoms with Crippen molar-refractivity contribution in [2.45, 2.75) is 13.8 Å². The third-order valence-corrected chi connectivity index (χ3v) is 4.94. The molecule has 0 atom stereocenters. The molecule has 2 aromatic carbocycles. The zero-order valence-corrected chi connectivity index (χ0v) is 14.6. The van der Waals surface area contributed by atoms with Crippen molar-refractivity contribution in [3.63, 3.8) is 0 Å². The van der Waals surface area contributed by atoms with Crippen LogP contribution in [-0.2, 0) is 0 Å². The van der Waals surface area contributed by atoms with Crippen LogP contribution in [0.25, 0.3) is 0 Å². The number of piperazine rings is 1. The highest BCUT2D eigenvalue weighted by Gasteiger charge is 2.25. The van der Waals surface area contributed by atoms with Crippen LogP contribution in [0.2, 0.25) is 0 Å². The number of ether oxygens (including phenoxy) is 2. The van der Waals surface area contributed by atoms with Gasteiger partial charge in [-0.15, -0.1) is 0 Å². The van der Waals surface area contributed by atoms with Gasteiger partial charge in [0.2, 0.25) is 6.79 Å². The minimum atomic E-state index is 0.0551. The van der Waals surface area contributed by atoms with Gasteiger partial charge < -0.3 is 19.3 Å². The number of hydrogen-bond donors (Lipinski definition) is 0. The van der Waals surface area contributed by atoms with Crippen LogP contribution in [0.3, 0.4) is 0 Å². The second-order valence-electron chi connectivity index (χ2n) is 6.59. The Hall–Kier alpha value is -2.69. The molecule has 2 aromatic rings. The summed E-state index contributed by atoms with van der Waals surface area (Å²) in [6.45, 7) is 7.66. The maximum Gasteiger partial charge on any atom is 0.254 e.